The molecule has 70 valence electrons. The molecule has 0 atom stereocenters. The van der Waals surface area contributed by atoms with E-state index in [4.69, 9.17) is 0 Å². The maximum absolute atomic E-state index is 10.8. The van der Waals surface area contributed by atoms with Crippen molar-refractivity contribution in [2.75, 3.05) is 0 Å². The number of aromatic hydroxyl groups is 2. The molecule has 0 aliphatic carbocycles. The summed E-state index contributed by atoms with van der Waals surface area (Å²) < 4.78 is 0.392. The maximum Gasteiger partial charge on any atom is 0.171 e. The van der Waals surface area contributed by atoms with Crippen LogP contribution in [-0.4, -0.2) is 16.0 Å². The molecule has 2 N–H and O–H groups in total. The molecule has 0 saturated carbocycles. The summed E-state index contributed by atoms with van der Waals surface area (Å²) in [5.41, 5.74) is 0.676. The Bertz CT molecular complexity index is 324. The molecule has 0 heterocycles. The molecule has 0 fully saturated rings. The molecule has 0 spiro atoms. The number of phenolic OH excluding ortho intramolecular Hbond substituents is 2. The second kappa shape index (κ2) is 3.79. The minimum absolute atomic E-state index is 0.0111. The molecule has 1 aromatic carbocycles. The minimum Gasteiger partial charge on any atom is -0.504 e. The van der Waals surface area contributed by atoms with E-state index < -0.39 is 0 Å². The lowest BCUT2D eigenvalue weighted by Gasteiger charge is -2.03. The van der Waals surface area contributed by atoms with Crippen LogP contribution in [0.15, 0.2) is 16.6 Å². The molecule has 0 bridgehead atoms. The van der Waals surface area contributed by atoms with Crippen molar-refractivity contribution in [2.24, 2.45) is 0 Å². The summed E-state index contributed by atoms with van der Waals surface area (Å²) in [6, 6.07) is 2.98. The van der Waals surface area contributed by atoms with E-state index >= 15 is 0 Å². The van der Waals surface area contributed by atoms with Gasteiger partial charge < -0.3 is 10.2 Å². The first-order valence-electron chi connectivity index (χ1n) is 3.70. The van der Waals surface area contributed by atoms with Gasteiger partial charge in [0, 0.05) is 6.42 Å². The molecule has 0 aliphatic heterocycles. The van der Waals surface area contributed by atoms with E-state index in [1.54, 1.807) is 6.07 Å². The van der Waals surface area contributed by atoms with Crippen LogP contribution in [0.1, 0.15) is 12.5 Å². The second-order valence-corrected chi connectivity index (χ2v) is 3.68. The zero-order valence-electron chi connectivity index (χ0n) is 7.04. The molecular formula is C9H9BrO3. The predicted molar refractivity (Wildman–Crippen MR) is 51.9 cm³/mol. The van der Waals surface area contributed by atoms with Crippen molar-refractivity contribution in [1.82, 2.24) is 0 Å². The van der Waals surface area contributed by atoms with Gasteiger partial charge in [-0.1, -0.05) is 0 Å². The van der Waals surface area contributed by atoms with E-state index in [0.717, 1.165) is 0 Å². The van der Waals surface area contributed by atoms with Crippen LogP contribution in [0.2, 0.25) is 0 Å². The molecular weight excluding hydrogens is 236 g/mol. The quantitative estimate of drug-likeness (QED) is 0.783. The average molecular weight is 245 g/mol. The molecule has 1 aromatic rings. The van der Waals surface area contributed by atoms with Gasteiger partial charge in [0.15, 0.2) is 11.5 Å². The summed E-state index contributed by atoms with van der Waals surface area (Å²) >= 11 is 3.07. The Labute approximate surface area is 84.1 Å². The molecule has 1 rings (SSSR count). The number of Topliss-reactive ketones (excluding diaryl/α,β-unsaturated/α-hetero) is 1. The van der Waals surface area contributed by atoms with Crippen LogP contribution in [0.25, 0.3) is 0 Å². The number of hydrogen-bond donors (Lipinski definition) is 2. The molecule has 0 unspecified atom stereocenters. The highest BCUT2D eigenvalue weighted by Gasteiger charge is 2.07. The number of halogens is 1. The summed E-state index contributed by atoms with van der Waals surface area (Å²) in [4.78, 5) is 10.8. The van der Waals surface area contributed by atoms with Gasteiger partial charge in [0.1, 0.15) is 5.78 Å². The summed E-state index contributed by atoms with van der Waals surface area (Å²) in [5.74, 6) is -0.407. The molecule has 13 heavy (non-hydrogen) atoms. The number of rotatable bonds is 2. The van der Waals surface area contributed by atoms with E-state index in [-0.39, 0.29) is 23.7 Å². The van der Waals surface area contributed by atoms with Crippen LogP contribution in [0.3, 0.4) is 0 Å². The number of ketones is 1. The fourth-order valence-corrected chi connectivity index (χ4v) is 1.53. The van der Waals surface area contributed by atoms with Crippen LogP contribution >= 0.6 is 15.9 Å². The fourth-order valence-electron chi connectivity index (χ4n) is 1.03. The Morgan fingerprint density at radius 2 is 2.08 bits per heavy atom. The van der Waals surface area contributed by atoms with Crippen molar-refractivity contribution in [3.05, 3.63) is 22.2 Å². The van der Waals surface area contributed by atoms with Crippen molar-refractivity contribution in [3.63, 3.8) is 0 Å². The van der Waals surface area contributed by atoms with Gasteiger partial charge in [-0.3, -0.25) is 4.79 Å². The van der Waals surface area contributed by atoms with Crippen LogP contribution in [-0.2, 0) is 11.2 Å². The van der Waals surface area contributed by atoms with Crippen LogP contribution in [0.5, 0.6) is 11.5 Å². The highest BCUT2D eigenvalue weighted by molar-refractivity contribution is 9.10. The van der Waals surface area contributed by atoms with E-state index in [1.807, 2.05) is 0 Å². The fraction of sp³-hybridized carbons (Fsp3) is 0.222. The lowest BCUT2D eigenvalue weighted by molar-refractivity contribution is -0.116. The standard InChI is InChI=1S/C9H9BrO3/c1-5(11)2-6-3-7(10)9(13)8(12)4-6/h3-4,12-13H,2H2,1H3. The lowest BCUT2D eigenvalue weighted by atomic mass is 10.1. The first kappa shape index (κ1) is 10.1. The van der Waals surface area contributed by atoms with Gasteiger partial charge in [0.05, 0.1) is 4.47 Å². The Balaban J connectivity index is 3.06. The monoisotopic (exact) mass is 244 g/mol. The van der Waals surface area contributed by atoms with Gasteiger partial charge in [0.2, 0.25) is 0 Å². The zero-order valence-corrected chi connectivity index (χ0v) is 8.63. The van der Waals surface area contributed by atoms with Gasteiger partial charge in [0.25, 0.3) is 0 Å². The van der Waals surface area contributed by atoms with Crippen molar-refractivity contribution in [1.29, 1.82) is 0 Å². The van der Waals surface area contributed by atoms with E-state index in [0.29, 0.717) is 10.0 Å². The Kier molecular flexibility index (Phi) is 2.93. The molecule has 0 aliphatic rings. The van der Waals surface area contributed by atoms with Gasteiger partial charge in [-0.25, -0.2) is 0 Å². The number of phenols is 2. The highest BCUT2D eigenvalue weighted by Crippen LogP contribution is 2.34. The van der Waals surface area contributed by atoms with E-state index in [9.17, 15) is 15.0 Å². The van der Waals surface area contributed by atoms with Crippen molar-refractivity contribution in [3.8, 4) is 11.5 Å². The van der Waals surface area contributed by atoms with Crippen LogP contribution in [0.4, 0.5) is 0 Å². The summed E-state index contributed by atoms with van der Waals surface area (Å²) in [6.07, 6.45) is 0.256. The Morgan fingerprint density at radius 1 is 1.46 bits per heavy atom. The van der Waals surface area contributed by atoms with Gasteiger partial charge >= 0.3 is 0 Å². The predicted octanol–water partition coefficient (Wildman–Crippen LogP) is 1.99. The number of carbonyl (C=O) groups excluding carboxylic acids is 1. The minimum atomic E-state index is -0.217. The number of carbonyl (C=O) groups is 1. The zero-order chi connectivity index (χ0) is 10.0. The first-order chi connectivity index (χ1) is 6.00. The molecule has 4 heteroatoms. The summed E-state index contributed by atoms with van der Waals surface area (Å²) in [7, 11) is 0. The van der Waals surface area contributed by atoms with Crippen LogP contribution in [0, 0.1) is 0 Å². The van der Waals surface area contributed by atoms with Crippen molar-refractivity contribution in [2.45, 2.75) is 13.3 Å². The van der Waals surface area contributed by atoms with Crippen LogP contribution < -0.4 is 0 Å². The van der Waals surface area contributed by atoms with Crippen molar-refractivity contribution < 1.29 is 15.0 Å². The third-order valence-corrected chi connectivity index (χ3v) is 2.16. The molecule has 0 radical (unpaired) electrons. The van der Waals surface area contributed by atoms with Gasteiger partial charge in [-0.2, -0.15) is 0 Å². The third kappa shape index (κ3) is 2.45. The largest absolute Gasteiger partial charge is 0.504 e. The van der Waals surface area contributed by atoms with E-state index in [1.165, 1.54) is 13.0 Å². The lowest BCUT2D eigenvalue weighted by Crippen LogP contribution is -1.95. The smallest absolute Gasteiger partial charge is 0.171 e. The molecule has 0 aromatic heterocycles. The average Bonchev–Trinajstić information content (AvgIpc) is 1.98. The first-order valence-corrected chi connectivity index (χ1v) is 4.50. The normalized spacial score (nSPS) is 10.0. The molecule has 0 saturated heterocycles. The Morgan fingerprint density at radius 3 is 2.54 bits per heavy atom. The summed E-state index contributed by atoms with van der Waals surface area (Å²) in [5, 5.41) is 18.4. The SMILES string of the molecule is CC(=O)Cc1cc(O)c(O)c(Br)c1. The Hall–Kier alpha value is -1.03. The second-order valence-electron chi connectivity index (χ2n) is 2.82. The number of benzene rings is 1. The topological polar surface area (TPSA) is 57.5 Å². The van der Waals surface area contributed by atoms with E-state index in [2.05, 4.69) is 15.9 Å². The number of hydrogen-bond acceptors (Lipinski definition) is 3. The summed E-state index contributed by atoms with van der Waals surface area (Å²) in [6.45, 7) is 1.47. The van der Waals surface area contributed by atoms with Crippen molar-refractivity contribution >= 4 is 21.7 Å². The molecule has 0 amide bonds. The third-order valence-electron chi connectivity index (χ3n) is 1.56. The van der Waals surface area contributed by atoms with Gasteiger partial charge in [-0.15, -0.1) is 0 Å². The highest BCUT2D eigenvalue weighted by atomic mass is 79.9. The maximum atomic E-state index is 10.8. The molecule has 3 nitrogen and oxygen atoms in total. The van der Waals surface area contributed by atoms with Gasteiger partial charge in [-0.05, 0) is 40.5 Å².